The first-order chi connectivity index (χ1) is 11.2. The fourth-order valence-electron chi connectivity index (χ4n) is 2.59. The van der Waals surface area contributed by atoms with E-state index in [2.05, 4.69) is 5.10 Å². The molecule has 8 heteroatoms. The van der Waals surface area contributed by atoms with Crippen molar-refractivity contribution >= 4 is 17.5 Å². The van der Waals surface area contributed by atoms with E-state index in [0.717, 1.165) is 36.7 Å². The number of thioether (sulfide) groups is 1. The molecule has 0 saturated heterocycles. The minimum Gasteiger partial charge on any atom is -0.493 e. The van der Waals surface area contributed by atoms with E-state index in [1.807, 2.05) is 0 Å². The molecule has 1 N–H and O–H groups in total. The molecule has 0 atom stereocenters. The predicted molar refractivity (Wildman–Crippen MR) is 83.5 cm³/mol. The zero-order valence-corrected chi connectivity index (χ0v) is 13.8. The Kier molecular flexibility index (Phi) is 4.11. The van der Waals surface area contributed by atoms with Gasteiger partial charge in [-0.15, -0.1) is 11.8 Å². The summed E-state index contributed by atoms with van der Waals surface area (Å²) in [5.74, 6) is -0.627. The monoisotopic (exact) mass is 356 g/mol. The Labute approximate surface area is 140 Å². The van der Waals surface area contributed by atoms with Gasteiger partial charge in [0, 0.05) is 23.4 Å². The molecule has 1 heterocycles. The van der Waals surface area contributed by atoms with Crippen molar-refractivity contribution in [1.29, 1.82) is 0 Å². The highest BCUT2D eigenvalue weighted by atomic mass is 32.2. The number of hydrogen-bond acceptors (Lipinski definition) is 4. The fraction of sp³-hybridized carbons (Fsp3) is 0.375. The zero-order valence-electron chi connectivity index (χ0n) is 13.0. The van der Waals surface area contributed by atoms with Gasteiger partial charge in [-0.3, -0.25) is 4.79 Å². The van der Waals surface area contributed by atoms with Crippen LogP contribution < -0.4 is 0 Å². The second kappa shape index (κ2) is 5.84. The largest absolute Gasteiger partial charge is 0.493 e. The minimum absolute atomic E-state index is 0.0926. The Bertz CT molecular complexity index is 810. The maximum absolute atomic E-state index is 12.9. The van der Waals surface area contributed by atoms with Gasteiger partial charge in [0.05, 0.1) is 11.3 Å². The molecule has 3 rings (SSSR count). The molecule has 2 aromatic rings. The average molecular weight is 356 g/mol. The number of carbonyl (C=O) groups is 1. The molecule has 1 aliphatic rings. The maximum atomic E-state index is 12.9. The summed E-state index contributed by atoms with van der Waals surface area (Å²) in [4.78, 5) is 13.1. The topological polar surface area (TPSA) is 55.1 Å². The minimum atomic E-state index is -4.47. The smallest absolute Gasteiger partial charge is 0.416 e. The van der Waals surface area contributed by atoms with Gasteiger partial charge in [0.2, 0.25) is 11.7 Å². The summed E-state index contributed by atoms with van der Waals surface area (Å²) in [7, 11) is 1.53. The Morgan fingerprint density at radius 2 is 2.04 bits per heavy atom. The van der Waals surface area contributed by atoms with Crippen LogP contribution in [0.15, 0.2) is 23.1 Å². The highest BCUT2D eigenvalue weighted by Crippen LogP contribution is 2.44. The van der Waals surface area contributed by atoms with Crippen molar-refractivity contribution < 1.29 is 23.1 Å². The molecule has 0 bridgehead atoms. The molecule has 1 saturated carbocycles. The highest BCUT2D eigenvalue weighted by Gasteiger charge is 2.36. The van der Waals surface area contributed by atoms with E-state index in [1.54, 1.807) is 6.26 Å². The predicted octanol–water partition coefficient (Wildman–Crippen LogP) is 3.97. The lowest BCUT2D eigenvalue weighted by molar-refractivity contribution is -0.137. The quantitative estimate of drug-likeness (QED) is 0.665. The Morgan fingerprint density at radius 1 is 1.38 bits per heavy atom. The van der Waals surface area contributed by atoms with E-state index < -0.39 is 17.5 Å². The van der Waals surface area contributed by atoms with Crippen LogP contribution in [0.4, 0.5) is 13.2 Å². The number of aryl methyl sites for hydroxylation is 1. The number of halogens is 3. The van der Waals surface area contributed by atoms with Crippen molar-refractivity contribution in [2.75, 3.05) is 6.26 Å². The molecule has 4 nitrogen and oxygen atoms in total. The van der Waals surface area contributed by atoms with Crippen LogP contribution in [0.5, 0.6) is 5.88 Å². The molecule has 0 unspecified atom stereocenters. The normalized spacial score (nSPS) is 14.9. The van der Waals surface area contributed by atoms with Gasteiger partial charge in [-0.2, -0.15) is 18.3 Å². The first-order valence-corrected chi connectivity index (χ1v) is 8.52. The zero-order chi connectivity index (χ0) is 17.6. The average Bonchev–Trinajstić information content (AvgIpc) is 3.32. The highest BCUT2D eigenvalue weighted by molar-refractivity contribution is 7.98. The Hall–Kier alpha value is -1.96. The number of carbonyl (C=O) groups excluding carboxylic acids is 1. The first-order valence-electron chi connectivity index (χ1n) is 7.29. The van der Waals surface area contributed by atoms with Crippen molar-refractivity contribution in [2.24, 2.45) is 7.05 Å². The van der Waals surface area contributed by atoms with Crippen molar-refractivity contribution in [3.8, 4) is 5.88 Å². The van der Waals surface area contributed by atoms with E-state index in [0.29, 0.717) is 5.69 Å². The third-order valence-corrected chi connectivity index (χ3v) is 4.79. The van der Waals surface area contributed by atoms with Crippen LogP contribution in [0, 0.1) is 0 Å². The molecule has 0 radical (unpaired) electrons. The number of ketones is 1. The number of nitrogens with zero attached hydrogens (tertiary/aromatic N) is 2. The van der Waals surface area contributed by atoms with Crippen LogP contribution in [0.2, 0.25) is 0 Å². The van der Waals surface area contributed by atoms with Crippen LogP contribution in [-0.2, 0) is 13.2 Å². The Balaban J connectivity index is 2.08. The third kappa shape index (κ3) is 2.90. The molecule has 0 aliphatic heterocycles. The molecule has 1 aliphatic carbocycles. The summed E-state index contributed by atoms with van der Waals surface area (Å²) in [6.07, 6.45) is -1.09. The maximum Gasteiger partial charge on any atom is 0.416 e. The van der Waals surface area contributed by atoms with Gasteiger partial charge in [0.15, 0.2) is 0 Å². The third-order valence-electron chi connectivity index (χ3n) is 4.01. The van der Waals surface area contributed by atoms with Crippen molar-refractivity contribution in [1.82, 2.24) is 9.78 Å². The van der Waals surface area contributed by atoms with Gasteiger partial charge in [0.1, 0.15) is 5.56 Å². The van der Waals surface area contributed by atoms with Gasteiger partial charge >= 0.3 is 6.18 Å². The number of aromatic hydroxyl groups is 1. The van der Waals surface area contributed by atoms with E-state index in [-0.39, 0.29) is 27.8 Å². The van der Waals surface area contributed by atoms with E-state index in [4.69, 9.17) is 0 Å². The first kappa shape index (κ1) is 16.9. The summed E-state index contributed by atoms with van der Waals surface area (Å²) in [6, 6.07) is 3.01. The lowest BCUT2D eigenvalue weighted by atomic mass is 10.00. The van der Waals surface area contributed by atoms with Crippen LogP contribution in [0.3, 0.4) is 0 Å². The van der Waals surface area contributed by atoms with Gasteiger partial charge in [-0.25, -0.2) is 4.68 Å². The van der Waals surface area contributed by atoms with Crippen LogP contribution in [-0.4, -0.2) is 26.9 Å². The van der Waals surface area contributed by atoms with Crippen LogP contribution >= 0.6 is 11.8 Å². The summed E-state index contributed by atoms with van der Waals surface area (Å²) in [5, 5.41) is 14.4. The number of benzene rings is 1. The van der Waals surface area contributed by atoms with Gasteiger partial charge < -0.3 is 5.11 Å². The molecule has 24 heavy (non-hydrogen) atoms. The molecule has 0 amide bonds. The van der Waals surface area contributed by atoms with E-state index >= 15 is 0 Å². The second-order valence-corrected chi connectivity index (χ2v) is 6.57. The molecule has 0 spiro atoms. The van der Waals surface area contributed by atoms with Crippen LogP contribution in [0.25, 0.3) is 0 Å². The summed E-state index contributed by atoms with van der Waals surface area (Å²) in [6.45, 7) is 0. The fourth-order valence-corrected chi connectivity index (χ4v) is 3.21. The second-order valence-electron chi connectivity index (χ2n) is 5.72. The Morgan fingerprint density at radius 3 is 2.58 bits per heavy atom. The lowest BCUT2D eigenvalue weighted by Gasteiger charge is -2.11. The van der Waals surface area contributed by atoms with Crippen molar-refractivity contribution in [3.05, 3.63) is 40.6 Å². The van der Waals surface area contributed by atoms with Gasteiger partial charge in [-0.05, 0) is 37.3 Å². The number of rotatable bonds is 4. The molecule has 128 valence electrons. The number of alkyl halides is 3. The molecule has 1 fully saturated rings. The van der Waals surface area contributed by atoms with E-state index in [1.165, 1.54) is 17.8 Å². The van der Waals surface area contributed by atoms with Crippen molar-refractivity contribution in [2.45, 2.75) is 29.8 Å². The lowest BCUT2D eigenvalue weighted by Crippen LogP contribution is -2.09. The molecular formula is C16H15F3N2O2S. The molecule has 1 aromatic heterocycles. The van der Waals surface area contributed by atoms with Crippen molar-refractivity contribution in [3.63, 3.8) is 0 Å². The summed E-state index contributed by atoms with van der Waals surface area (Å²) < 4.78 is 39.8. The standard InChI is InChI=1S/C16H15F3N2O2S/c1-21-15(23)12(13(20-21)8-3-4-8)14(22)10-6-5-9(16(17,18)19)7-11(10)24-2/h5-8,23H,3-4H2,1-2H3. The molecule has 1 aromatic carbocycles. The van der Waals surface area contributed by atoms with E-state index in [9.17, 15) is 23.1 Å². The number of aromatic nitrogens is 2. The van der Waals surface area contributed by atoms with Gasteiger partial charge in [-0.1, -0.05) is 0 Å². The summed E-state index contributed by atoms with van der Waals surface area (Å²) in [5.41, 5.74) is -0.0519. The SMILES string of the molecule is CSc1cc(C(F)(F)F)ccc1C(=O)c1c(C2CC2)nn(C)c1O. The number of hydrogen-bond donors (Lipinski definition) is 1. The summed E-state index contributed by atoms with van der Waals surface area (Å²) >= 11 is 1.06. The molecular weight excluding hydrogens is 341 g/mol. The van der Waals surface area contributed by atoms with Gasteiger partial charge in [0.25, 0.3) is 0 Å². The van der Waals surface area contributed by atoms with Crippen LogP contribution in [0.1, 0.15) is 45.9 Å².